The summed E-state index contributed by atoms with van der Waals surface area (Å²) in [5.74, 6) is 0. The van der Waals surface area contributed by atoms with Crippen LogP contribution in [0.15, 0.2) is 0 Å². The second-order valence-corrected chi connectivity index (χ2v) is 4.93. The zero-order valence-corrected chi connectivity index (χ0v) is 9.36. The molecule has 1 heterocycles. The number of hydrogen-bond acceptors (Lipinski definition) is 4. The van der Waals surface area contributed by atoms with Crippen LogP contribution < -0.4 is 5.73 Å². The molecule has 1 saturated heterocycles. The second kappa shape index (κ2) is 4.57. The van der Waals surface area contributed by atoms with Crippen LogP contribution in [0, 0.1) is 0 Å². The molecule has 0 saturated carbocycles. The highest BCUT2D eigenvalue weighted by atomic mass is 16.6. The predicted molar refractivity (Wildman–Crippen MR) is 55.6 cm³/mol. The van der Waals surface area contributed by atoms with Crippen molar-refractivity contribution >= 4 is 0 Å². The summed E-state index contributed by atoms with van der Waals surface area (Å²) in [6, 6.07) is 0.285. The zero-order chi connectivity index (χ0) is 10.8. The Morgan fingerprint density at radius 2 is 1.86 bits per heavy atom. The molecule has 0 aromatic rings. The standard InChI is InChI=1S/C10H22N2O2/c1-10(2,3)14-9(13)12-6-4-8(11)5-7-12/h8-9,13H,4-7,11H2,1-3H3/t9-/m1/s1. The number of nitrogens with zero attached hydrogens (tertiary/aromatic N) is 1. The van der Waals surface area contributed by atoms with Crippen molar-refractivity contribution in [1.29, 1.82) is 0 Å². The van der Waals surface area contributed by atoms with Gasteiger partial charge in [0.15, 0.2) is 0 Å². The highest BCUT2D eigenvalue weighted by Crippen LogP contribution is 2.16. The number of hydrogen-bond donors (Lipinski definition) is 2. The molecule has 0 radical (unpaired) electrons. The van der Waals surface area contributed by atoms with Crippen molar-refractivity contribution < 1.29 is 9.84 Å². The summed E-state index contributed by atoms with van der Waals surface area (Å²) >= 11 is 0. The molecular weight excluding hydrogens is 180 g/mol. The summed E-state index contributed by atoms with van der Waals surface area (Å²) in [6.45, 7) is 7.44. The van der Waals surface area contributed by atoms with Gasteiger partial charge in [-0.2, -0.15) is 0 Å². The first-order valence-electron chi connectivity index (χ1n) is 5.24. The fourth-order valence-corrected chi connectivity index (χ4v) is 1.53. The minimum absolute atomic E-state index is 0.285. The molecule has 3 N–H and O–H groups in total. The van der Waals surface area contributed by atoms with Gasteiger partial charge in [0.25, 0.3) is 0 Å². The quantitative estimate of drug-likeness (QED) is 0.640. The summed E-state index contributed by atoms with van der Waals surface area (Å²) in [4.78, 5) is 1.93. The van der Waals surface area contributed by atoms with Crippen molar-refractivity contribution in [3.05, 3.63) is 0 Å². The van der Waals surface area contributed by atoms with Crippen LogP contribution in [0.5, 0.6) is 0 Å². The molecule has 1 rings (SSSR count). The molecule has 1 fully saturated rings. The largest absolute Gasteiger partial charge is 0.356 e. The maximum Gasteiger partial charge on any atom is 0.216 e. The van der Waals surface area contributed by atoms with Gasteiger partial charge in [-0.25, -0.2) is 0 Å². The minimum atomic E-state index is -0.789. The molecule has 84 valence electrons. The van der Waals surface area contributed by atoms with E-state index in [-0.39, 0.29) is 11.6 Å². The lowest BCUT2D eigenvalue weighted by atomic mass is 10.1. The van der Waals surface area contributed by atoms with Crippen molar-refractivity contribution in [3.63, 3.8) is 0 Å². The van der Waals surface area contributed by atoms with Gasteiger partial charge < -0.3 is 15.6 Å². The summed E-state index contributed by atoms with van der Waals surface area (Å²) in [5, 5.41) is 9.76. The van der Waals surface area contributed by atoms with Crippen molar-refractivity contribution in [2.24, 2.45) is 5.73 Å². The van der Waals surface area contributed by atoms with Gasteiger partial charge in [0.2, 0.25) is 6.41 Å². The van der Waals surface area contributed by atoms with E-state index in [1.165, 1.54) is 0 Å². The molecule has 0 aromatic heterocycles. The molecule has 4 nitrogen and oxygen atoms in total. The van der Waals surface area contributed by atoms with E-state index in [4.69, 9.17) is 10.5 Å². The van der Waals surface area contributed by atoms with E-state index in [1.54, 1.807) is 0 Å². The molecule has 1 aliphatic rings. The smallest absolute Gasteiger partial charge is 0.216 e. The summed E-state index contributed by atoms with van der Waals surface area (Å²) in [7, 11) is 0. The third-order valence-electron chi connectivity index (χ3n) is 2.35. The lowest BCUT2D eigenvalue weighted by Gasteiger charge is -2.36. The fraction of sp³-hybridized carbons (Fsp3) is 1.00. The molecule has 0 amide bonds. The normalized spacial score (nSPS) is 23.8. The fourth-order valence-electron chi connectivity index (χ4n) is 1.53. The van der Waals surface area contributed by atoms with E-state index in [1.807, 2.05) is 25.7 Å². The first kappa shape index (κ1) is 11.9. The molecule has 4 heteroatoms. The van der Waals surface area contributed by atoms with Gasteiger partial charge in [-0.1, -0.05) is 0 Å². The number of likely N-dealkylation sites (tertiary alicyclic amines) is 1. The molecule has 0 bridgehead atoms. The first-order chi connectivity index (χ1) is 6.38. The van der Waals surface area contributed by atoms with E-state index in [0.717, 1.165) is 25.9 Å². The summed E-state index contributed by atoms with van der Waals surface area (Å²) < 4.78 is 5.45. The Bertz CT molecular complexity index is 171. The minimum Gasteiger partial charge on any atom is -0.356 e. The molecule has 1 aliphatic heterocycles. The Labute approximate surface area is 86.0 Å². The van der Waals surface area contributed by atoms with Crippen LogP contribution in [-0.4, -0.2) is 41.2 Å². The lowest BCUT2D eigenvalue weighted by molar-refractivity contribution is -0.242. The molecule has 0 aromatic carbocycles. The van der Waals surface area contributed by atoms with Gasteiger partial charge in [0.05, 0.1) is 5.60 Å². The number of aliphatic hydroxyl groups is 1. The number of rotatable bonds is 2. The second-order valence-electron chi connectivity index (χ2n) is 4.93. The van der Waals surface area contributed by atoms with Crippen LogP contribution in [0.1, 0.15) is 33.6 Å². The Morgan fingerprint density at radius 1 is 1.36 bits per heavy atom. The van der Waals surface area contributed by atoms with Crippen LogP contribution in [0.4, 0.5) is 0 Å². The van der Waals surface area contributed by atoms with Gasteiger partial charge in [0.1, 0.15) is 0 Å². The van der Waals surface area contributed by atoms with Crippen LogP contribution in [-0.2, 0) is 4.74 Å². The van der Waals surface area contributed by atoms with Crippen molar-refractivity contribution in [1.82, 2.24) is 4.90 Å². The van der Waals surface area contributed by atoms with E-state index >= 15 is 0 Å². The van der Waals surface area contributed by atoms with Gasteiger partial charge in [-0.3, -0.25) is 4.90 Å². The predicted octanol–water partition coefficient (Wildman–Crippen LogP) is 0.501. The van der Waals surface area contributed by atoms with Gasteiger partial charge in [-0.15, -0.1) is 0 Å². The zero-order valence-electron chi connectivity index (χ0n) is 9.36. The Kier molecular flexibility index (Phi) is 3.89. The monoisotopic (exact) mass is 202 g/mol. The lowest BCUT2D eigenvalue weighted by Crippen LogP contribution is -2.48. The van der Waals surface area contributed by atoms with Crippen molar-refractivity contribution in [2.75, 3.05) is 13.1 Å². The Morgan fingerprint density at radius 3 is 2.29 bits per heavy atom. The van der Waals surface area contributed by atoms with Gasteiger partial charge in [0, 0.05) is 19.1 Å². The number of aliphatic hydroxyl groups excluding tert-OH is 1. The summed E-state index contributed by atoms with van der Waals surface area (Å²) in [6.07, 6.45) is 1.08. The van der Waals surface area contributed by atoms with Gasteiger partial charge >= 0.3 is 0 Å². The van der Waals surface area contributed by atoms with Gasteiger partial charge in [-0.05, 0) is 33.6 Å². The average molecular weight is 202 g/mol. The highest BCUT2D eigenvalue weighted by Gasteiger charge is 2.25. The van der Waals surface area contributed by atoms with E-state index in [0.29, 0.717) is 0 Å². The molecule has 1 atom stereocenters. The topological polar surface area (TPSA) is 58.7 Å². The van der Waals surface area contributed by atoms with Crippen LogP contribution >= 0.6 is 0 Å². The highest BCUT2D eigenvalue weighted by molar-refractivity contribution is 4.74. The average Bonchev–Trinajstić information content (AvgIpc) is 2.02. The van der Waals surface area contributed by atoms with E-state index in [9.17, 15) is 5.11 Å². The number of nitrogens with two attached hydrogens (primary N) is 1. The maximum absolute atomic E-state index is 9.76. The number of ether oxygens (including phenoxy) is 1. The Balaban J connectivity index is 2.34. The maximum atomic E-state index is 9.76. The van der Waals surface area contributed by atoms with Crippen LogP contribution in [0.3, 0.4) is 0 Å². The molecular formula is C10H22N2O2. The van der Waals surface area contributed by atoms with Crippen LogP contribution in [0.2, 0.25) is 0 Å². The third-order valence-corrected chi connectivity index (χ3v) is 2.35. The summed E-state index contributed by atoms with van der Waals surface area (Å²) in [5.41, 5.74) is 5.47. The first-order valence-corrected chi connectivity index (χ1v) is 5.24. The molecule has 14 heavy (non-hydrogen) atoms. The van der Waals surface area contributed by atoms with Crippen LogP contribution in [0.25, 0.3) is 0 Å². The SMILES string of the molecule is CC(C)(C)O[C@@H](O)N1CCC(N)CC1. The van der Waals surface area contributed by atoms with Crippen molar-refractivity contribution in [3.8, 4) is 0 Å². The third kappa shape index (κ3) is 3.92. The molecule has 0 spiro atoms. The van der Waals surface area contributed by atoms with E-state index < -0.39 is 6.41 Å². The molecule has 0 unspecified atom stereocenters. The number of piperidine rings is 1. The Hall–Kier alpha value is -0.160. The van der Waals surface area contributed by atoms with Crippen molar-refractivity contribution in [2.45, 2.75) is 51.7 Å². The molecule has 0 aliphatic carbocycles. The van der Waals surface area contributed by atoms with E-state index in [2.05, 4.69) is 0 Å².